The Morgan fingerprint density at radius 3 is 0.360 bits per heavy atom. The number of ketones is 1. The van der Waals surface area contributed by atoms with Crippen molar-refractivity contribution in [1.29, 1.82) is 0 Å². The molecule has 0 heterocycles. The van der Waals surface area contributed by atoms with E-state index in [1.54, 1.807) is 0 Å². The fourth-order valence-electron chi connectivity index (χ4n) is 11.9. The summed E-state index contributed by atoms with van der Waals surface area (Å²) in [5.74, 6) is -0.0776. The molecule has 0 bridgehead atoms. The standard InChI is InChI=1S/C85H58O/c86-85(83-55-79(75-45-67(59-25-9-1-10-26-59)41-68(46-75)60-27-11-2-12-28-60)53-80(56-83)76-47-69(61-29-13-3-14-30-61)42-70(48-76)62-31-15-4-16-32-62)84-57-81(77-49-71(63-33-17-5-18-34-63)43-72(50-77)64-35-19-6-20-36-64)54-82(58-84)78-51-73(65-37-21-7-22-38-65)44-74(52-78)66-39-23-8-24-40-66/h1-58H. The van der Waals surface area contributed by atoms with Gasteiger partial charge in [-0.3, -0.25) is 4.79 Å². The zero-order valence-corrected chi connectivity index (χ0v) is 47.4. The van der Waals surface area contributed by atoms with Crippen LogP contribution in [0.5, 0.6) is 0 Å². The summed E-state index contributed by atoms with van der Waals surface area (Å²) in [6, 6.07) is 125. The minimum Gasteiger partial charge on any atom is -0.289 e. The van der Waals surface area contributed by atoms with Crippen molar-refractivity contribution in [3.63, 3.8) is 0 Å². The van der Waals surface area contributed by atoms with Crippen LogP contribution in [0.3, 0.4) is 0 Å². The third-order valence-corrected chi connectivity index (χ3v) is 16.3. The van der Waals surface area contributed by atoms with Crippen molar-refractivity contribution in [3.8, 4) is 134 Å². The lowest BCUT2D eigenvalue weighted by molar-refractivity contribution is 0.103. The van der Waals surface area contributed by atoms with Gasteiger partial charge in [0.1, 0.15) is 0 Å². The largest absolute Gasteiger partial charge is 0.289 e. The number of carbonyl (C=O) groups excluding carboxylic acids is 1. The average Bonchev–Trinajstić information content (AvgIpc) is 3.31. The first-order chi connectivity index (χ1) is 42.5. The smallest absolute Gasteiger partial charge is 0.193 e. The fraction of sp³-hybridized carbons (Fsp3) is 0. The maximum Gasteiger partial charge on any atom is 0.193 e. The van der Waals surface area contributed by atoms with E-state index in [1.165, 1.54) is 0 Å². The molecule has 1 nitrogen and oxygen atoms in total. The van der Waals surface area contributed by atoms with Crippen molar-refractivity contribution < 1.29 is 4.79 Å². The second-order valence-corrected chi connectivity index (χ2v) is 22.1. The topological polar surface area (TPSA) is 17.1 Å². The molecule has 14 rings (SSSR count). The van der Waals surface area contributed by atoms with Crippen LogP contribution in [-0.4, -0.2) is 5.78 Å². The van der Waals surface area contributed by atoms with E-state index in [0.717, 1.165) is 134 Å². The quantitative estimate of drug-likeness (QED) is 0.0992. The highest BCUT2D eigenvalue weighted by molar-refractivity contribution is 6.12. The van der Waals surface area contributed by atoms with Crippen molar-refractivity contribution in [2.45, 2.75) is 0 Å². The van der Waals surface area contributed by atoms with Crippen LogP contribution in [0.4, 0.5) is 0 Å². The molecule has 0 radical (unpaired) electrons. The maximum atomic E-state index is 16.5. The number of carbonyl (C=O) groups is 1. The van der Waals surface area contributed by atoms with Crippen LogP contribution in [0, 0.1) is 0 Å². The summed E-state index contributed by atoms with van der Waals surface area (Å²) in [7, 11) is 0. The van der Waals surface area contributed by atoms with Gasteiger partial charge in [-0.15, -0.1) is 0 Å². The van der Waals surface area contributed by atoms with Crippen LogP contribution >= 0.6 is 0 Å². The van der Waals surface area contributed by atoms with E-state index in [1.807, 2.05) is 0 Å². The predicted octanol–water partition coefficient (Wildman–Crippen LogP) is 22.9. The van der Waals surface area contributed by atoms with Gasteiger partial charge in [0, 0.05) is 11.1 Å². The molecule has 0 aliphatic rings. The zero-order valence-electron chi connectivity index (χ0n) is 47.4. The second kappa shape index (κ2) is 23.9. The van der Waals surface area contributed by atoms with Gasteiger partial charge in [-0.25, -0.2) is 0 Å². The van der Waals surface area contributed by atoms with Gasteiger partial charge in [0.25, 0.3) is 0 Å². The van der Waals surface area contributed by atoms with Crippen molar-refractivity contribution in [1.82, 2.24) is 0 Å². The van der Waals surface area contributed by atoms with Gasteiger partial charge >= 0.3 is 0 Å². The number of benzene rings is 14. The van der Waals surface area contributed by atoms with Crippen molar-refractivity contribution in [2.24, 2.45) is 0 Å². The number of hydrogen-bond donors (Lipinski definition) is 0. The lowest BCUT2D eigenvalue weighted by Gasteiger charge is -2.17. The number of rotatable bonds is 14. The Morgan fingerprint density at radius 1 is 0.128 bits per heavy atom. The van der Waals surface area contributed by atoms with E-state index in [4.69, 9.17) is 0 Å². The summed E-state index contributed by atoms with van der Waals surface area (Å²) >= 11 is 0. The molecular weight excluding hydrogens is 1040 g/mol. The molecule has 14 aromatic rings. The van der Waals surface area contributed by atoms with Crippen LogP contribution in [0.1, 0.15) is 15.9 Å². The molecule has 0 saturated carbocycles. The minimum atomic E-state index is -0.0776. The third-order valence-electron chi connectivity index (χ3n) is 16.3. The molecule has 0 aliphatic heterocycles. The first kappa shape index (κ1) is 52.8. The third kappa shape index (κ3) is 11.5. The molecule has 0 amide bonds. The highest BCUT2D eigenvalue weighted by Gasteiger charge is 2.20. The lowest BCUT2D eigenvalue weighted by Crippen LogP contribution is -2.04. The average molecular weight is 1100 g/mol. The van der Waals surface area contributed by atoms with E-state index in [0.29, 0.717) is 11.1 Å². The van der Waals surface area contributed by atoms with Crippen molar-refractivity contribution >= 4 is 5.78 Å². The summed E-state index contributed by atoms with van der Waals surface area (Å²) in [5, 5.41) is 0. The molecule has 0 aliphatic carbocycles. The molecule has 0 saturated heterocycles. The molecule has 86 heavy (non-hydrogen) atoms. The number of hydrogen-bond acceptors (Lipinski definition) is 1. The van der Waals surface area contributed by atoms with Crippen LogP contribution in [0.15, 0.2) is 352 Å². The van der Waals surface area contributed by atoms with Gasteiger partial charge in [-0.2, -0.15) is 0 Å². The van der Waals surface area contributed by atoms with Gasteiger partial charge in [-0.1, -0.05) is 243 Å². The van der Waals surface area contributed by atoms with Crippen LogP contribution < -0.4 is 0 Å². The van der Waals surface area contributed by atoms with E-state index in [2.05, 4.69) is 352 Å². The van der Waals surface area contributed by atoms with Gasteiger partial charge in [0.15, 0.2) is 5.78 Å². The highest BCUT2D eigenvalue weighted by atomic mass is 16.1. The van der Waals surface area contributed by atoms with Gasteiger partial charge in [-0.05, 0) is 243 Å². The Bertz CT molecular complexity index is 3870. The lowest BCUT2D eigenvalue weighted by atomic mass is 9.86. The molecule has 404 valence electrons. The Labute approximate surface area is 504 Å². The molecule has 14 aromatic carbocycles. The van der Waals surface area contributed by atoms with Crippen LogP contribution in [0.2, 0.25) is 0 Å². The van der Waals surface area contributed by atoms with E-state index in [9.17, 15) is 0 Å². The van der Waals surface area contributed by atoms with Gasteiger partial charge in [0.2, 0.25) is 0 Å². The molecule has 0 unspecified atom stereocenters. The molecule has 0 atom stereocenters. The molecule has 0 spiro atoms. The summed E-state index contributed by atoms with van der Waals surface area (Å²) < 4.78 is 0. The normalized spacial score (nSPS) is 11.1. The summed E-state index contributed by atoms with van der Waals surface area (Å²) in [5.41, 5.74) is 26.6. The van der Waals surface area contributed by atoms with E-state index >= 15 is 4.79 Å². The zero-order chi connectivity index (χ0) is 57.6. The maximum absolute atomic E-state index is 16.5. The van der Waals surface area contributed by atoms with Crippen molar-refractivity contribution in [3.05, 3.63) is 363 Å². The second-order valence-electron chi connectivity index (χ2n) is 22.1. The van der Waals surface area contributed by atoms with Crippen LogP contribution in [-0.2, 0) is 0 Å². The Hall–Kier alpha value is -11.3. The molecule has 0 aromatic heterocycles. The van der Waals surface area contributed by atoms with Gasteiger partial charge in [0.05, 0.1) is 0 Å². The highest BCUT2D eigenvalue weighted by Crippen LogP contribution is 2.42. The van der Waals surface area contributed by atoms with Crippen LogP contribution in [0.25, 0.3) is 134 Å². The van der Waals surface area contributed by atoms with E-state index in [-0.39, 0.29) is 5.78 Å². The predicted molar refractivity (Wildman–Crippen MR) is 362 cm³/mol. The van der Waals surface area contributed by atoms with E-state index < -0.39 is 0 Å². The molecule has 1 heteroatoms. The Morgan fingerprint density at radius 2 is 0.233 bits per heavy atom. The molecule has 0 N–H and O–H groups in total. The molecular formula is C85H58O. The monoisotopic (exact) mass is 1090 g/mol. The van der Waals surface area contributed by atoms with Gasteiger partial charge < -0.3 is 0 Å². The molecule has 0 fully saturated rings. The summed E-state index contributed by atoms with van der Waals surface area (Å²) in [6.07, 6.45) is 0. The fourth-order valence-corrected chi connectivity index (χ4v) is 11.9. The minimum absolute atomic E-state index is 0.0776. The first-order valence-electron chi connectivity index (χ1n) is 29.4. The van der Waals surface area contributed by atoms with Crippen molar-refractivity contribution in [2.75, 3.05) is 0 Å². The SMILES string of the molecule is O=C(c1cc(-c2cc(-c3ccccc3)cc(-c3ccccc3)c2)cc(-c2cc(-c3ccccc3)cc(-c3ccccc3)c2)c1)c1cc(-c2cc(-c3ccccc3)cc(-c3ccccc3)c2)cc(-c2cc(-c3ccccc3)cc(-c3ccccc3)c2)c1. The Kier molecular flexibility index (Phi) is 14.7. The summed E-state index contributed by atoms with van der Waals surface area (Å²) in [6.45, 7) is 0. The Balaban J connectivity index is 1.02. The first-order valence-corrected chi connectivity index (χ1v) is 29.4. The summed E-state index contributed by atoms with van der Waals surface area (Å²) in [4.78, 5) is 16.5.